The molecular weight excluding hydrogens is 164 g/mol. The van der Waals surface area contributed by atoms with Crippen LogP contribution >= 0.6 is 0 Å². The lowest BCUT2D eigenvalue weighted by molar-refractivity contribution is -0.122. The largest absolute Gasteiger partial charge is 0.297 e. The maximum absolute atomic E-state index is 11.1. The van der Waals surface area contributed by atoms with Crippen LogP contribution in [0.5, 0.6) is 0 Å². The molecule has 1 heterocycles. The van der Waals surface area contributed by atoms with Gasteiger partial charge in [-0.2, -0.15) is 5.10 Å². The molecule has 1 aromatic rings. The highest BCUT2D eigenvalue weighted by atomic mass is 16.1. The predicted octanol–water partition coefficient (Wildman–Crippen LogP) is 2.13. The highest BCUT2D eigenvalue weighted by Crippen LogP contribution is 1.96. The number of hydrogen-bond donors (Lipinski definition) is 0. The first-order chi connectivity index (χ1) is 6.20. The van der Waals surface area contributed by atoms with Crippen LogP contribution in [0.3, 0.4) is 0 Å². The van der Waals surface area contributed by atoms with E-state index in [2.05, 4.69) is 5.10 Å². The van der Waals surface area contributed by atoms with Crippen LogP contribution in [0.25, 0.3) is 0 Å². The fraction of sp³-hybridized carbons (Fsp3) is 0.600. The highest BCUT2D eigenvalue weighted by Gasteiger charge is 2.06. The normalized spacial score (nSPS) is 9.31. The van der Waals surface area contributed by atoms with Crippen molar-refractivity contribution in [3.05, 3.63) is 18.5 Å². The molecule has 74 valence electrons. The average molecular weight is 182 g/mol. The summed E-state index contributed by atoms with van der Waals surface area (Å²) in [5, 5.41) is 3.93. The predicted molar refractivity (Wildman–Crippen MR) is 53.4 cm³/mol. The van der Waals surface area contributed by atoms with E-state index in [1.807, 2.05) is 33.8 Å². The molecule has 0 N–H and O–H groups in total. The standard InChI is InChI=1S/C8H12N2O.C2H6/c1-7(2)8(11)6-10-5-3-4-9-10;1-2/h3-5,7H,6H2,1-2H3;1-2H3. The second kappa shape index (κ2) is 6.40. The van der Waals surface area contributed by atoms with Crippen LogP contribution in [0.15, 0.2) is 18.5 Å². The van der Waals surface area contributed by atoms with E-state index in [4.69, 9.17) is 0 Å². The quantitative estimate of drug-likeness (QED) is 0.717. The molecule has 3 nitrogen and oxygen atoms in total. The molecule has 0 spiro atoms. The van der Waals surface area contributed by atoms with E-state index < -0.39 is 0 Å². The summed E-state index contributed by atoms with van der Waals surface area (Å²) in [6.45, 7) is 8.18. The van der Waals surface area contributed by atoms with E-state index in [0.717, 1.165) is 0 Å². The third-order valence-corrected chi connectivity index (χ3v) is 1.52. The van der Waals surface area contributed by atoms with Crippen molar-refractivity contribution in [2.45, 2.75) is 34.2 Å². The van der Waals surface area contributed by atoms with Gasteiger partial charge in [0.1, 0.15) is 0 Å². The van der Waals surface area contributed by atoms with Gasteiger partial charge in [-0.15, -0.1) is 0 Å². The molecule has 0 bridgehead atoms. The number of nitrogens with zero attached hydrogens (tertiary/aromatic N) is 2. The number of ketones is 1. The summed E-state index contributed by atoms with van der Waals surface area (Å²) >= 11 is 0. The molecule has 0 atom stereocenters. The molecular formula is C10H18N2O. The van der Waals surface area contributed by atoms with Crippen molar-refractivity contribution in [2.24, 2.45) is 5.92 Å². The Morgan fingerprint density at radius 2 is 2.08 bits per heavy atom. The molecule has 0 unspecified atom stereocenters. The van der Waals surface area contributed by atoms with Crippen molar-refractivity contribution in [3.63, 3.8) is 0 Å². The Hall–Kier alpha value is -1.12. The van der Waals surface area contributed by atoms with E-state index in [-0.39, 0.29) is 11.7 Å². The molecule has 1 aromatic heterocycles. The van der Waals surface area contributed by atoms with E-state index in [9.17, 15) is 4.79 Å². The number of aromatic nitrogens is 2. The lowest BCUT2D eigenvalue weighted by atomic mass is 10.1. The fourth-order valence-electron chi connectivity index (χ4n) is 0.736. The van der Waals surface area contributed by atoms with Crippen LogP contribution in [0.4, 0.5) is 0 Å². The molecule has 3 heteroatoms. The monoisotopic (exact) mass is 182 g/mol. The highest BCUT2D eigenvalue weighted by molar-refractivity contribution is 5.79. The zero-order valence-electron chi connectivity index (χ0n) is 8.82. The molecule has 0 radical (unpaired) electrons. The third kappa shape index (κ3) is 4.45. The van der Waals surface area contributed by atoms with Crippen LogP contribution in [0.1, 0.15) is 27.7 Å². The molecule has 13 heavy (non-hydrogen) atoms. The average Bonchev–Trinajstić information content (AvgIpc) is 2.60. The minimum absolute atomic E-state index is 0.0965. The first kappa shape index (κ1) is 11.9. The second-order valence-electron chi connectivity index (χ2n) is 2.82. The molecule has 0 fully saturated rings. The molecule has 0 amide bonds. The molecule has 1 rings (SSSR count). The molecule has 0 saturated heterocycles. The Kier molecular flexibility index (Phi) is 5.85. The van der Waals surface area contributed by atoms with Crippen molar-refractivity contribution >= 4 is 5.78 Å². The summed E-state index contributed by atoms with van der Waals surface area (Å²) < 4.78 is 1.64. The van der Waals surface area contributed by atoms with Gasteiger partial charge in [-0.3, -0.25) is 9.48 Å². The Bertz CT molecular complexity index is 227. The Labute approximate surface area is 79.8 Å². The summed E-state index contributed by atoms with van der Waals surface area (Å²) in [6, 6.07) is 1.81. The maximum Gasteiger partial charge on any atom is 0.156 e. The molecule has 0 aliphatic rings. The Balaban J connectivity index is 0.000000671. The second-order valence-corrected chi connectivity index (χ2v) is 2.82. The summed E-state index contributed by atoms with van der Waals surface area (Å²) in [5.41, 5.74) is 0. The molecule has 0 aliphatic heterocycles. The van der Waals surface area contributed by atoms with Gasteiger partial charge in [0.15, 0.2) is 5.78 Å². The first-order valence-electron chi connectivity index (χ1n) is 4.70. The third-order valence-electron chi connectivity index (χ3n) is 1.52. The van der Waals surface area contributed by atoms with Crippen LogP contribution in [0, 0.1) is 5.92 Å². The van der Waals surface area contributed by atoms with Gasteiger partial charge in [0.25, 0.3) is 0 Å². The van der Waals surface area contributed by atoms with E-state index in [1.165, 1.54) is 0 Å². The van der Waals surface area contributed by atoms with E-state index in [1.54, 1.807) is 17.1 Å². The topological polar surface area (TPSA) is 34.9 Å². The molecule has 0 aliphatic carbocycles. The summed E-state index contributed by atoms with van der Waals surface area (Å²) in [6.07, 6.45) is 3.47. The minimum Gasteiger partial charge on any atom is -0.297 e. The smallest absolute Gasteiger partial charge is 0.156 e. The fourth-order valence-corrected chi connectivity index (χ4v) is 0.736. The van der Waals surface area contributed by atoms with Crippen LogP contribution in [-0.4, -0.2) is 15.6 Å². The number of rotatable bonds is 3. The van der Waals surface area contributed by atoms with Crippen molar-refractivity contribution in [1.29, 1.82) is 0 Å². The Morgan fingerprint density at radius 3 is 2.46 bits per heavy atom. The van der Waals surface area contributed by atoms with E-state index in [0.29, 0.717) is 6.54 Å². The van der Waals surface area contributed by atoms with Crippen LogP contribution < -0.4 is 0 Å². The summed E-state index contributed by atoms with van der Waals surface area (Å²) in [5.74, 6) is 0.313. The first-order valence-corrected chi connectivity index (χ1v) is 4.70. The van der Waals surface area contributed by atoms with Gasteiger partial charge in [0.05, 0.1) is 6.54 Å². The van der Waals surface area contributed by atoms with Crippen molar-refractivity contribution < 1.29 is 4.79 Å². The zero-order valence-corrected chi connectivity index (χ0v) is 8.82. The van der Waals surface area contributed by atoms with Crippen molar-refractivity contribution in [2.75, 3.05) is 0 Å². The molecule has 0 aromatic carbocycles. The van der Waals surface area contributed by atoms with Gasteiger partial charge < -0.3 is 0 Å². The number of carbonyl (C=O) groups excluding carboxylic acids is 1. The maximum atomic E-state index is 11.1. The SMILES string of the molecule is CC.CC(C)C(=O)Cn1cccn1. The van der Waals surface area contributed by atoms with Gasteiger partial charge >= 0.3 is 0 Å². The van der Waals surface area contributed by atoms with Gasteiger partial charge in [-0.1, -0.05) is 27.7 Å². The summed E-state index contributed by atoms with van der Waals surface area (Å²) in [4.78, 5) is 11.1. The number of Topliss-reactive ketones (excluding diaryl/α,β-unsaturated/α-hetero) is 1. The van der Waals surface area contributed by atoms with E-state index >= 15 is 0 Å². The zero-order chi connectivity index (χ0) is 10.3. The lowest BCUT2D eigenvalue weighted by Gasteiger charge is -2.02. The van der Waals surface area contributed by atoms with Gasteiger partial charge in [0.2, 0.25) is 0 Å². The van der Waals surface area contributed by atoms with Crippen molar-refractivity contribution in [1.82, 2.24) is 9.78 Å². The van der Waals surface area contributed by atoms with Gasteiger partial charge in [-0.25, -0.2) is 0 Å². The Morgan fingerprint density at radius 1 is 1.46 bits per heavy atom. The summed E-state index contributed by atoms with van der Waals surface area (Å²) in [7, 11) is 0. The van der Waals surface area contributed by atoms with Crippen LogP contribution in [-0.2, 0) is 11.3 Å². The van der Waals surface area contributed by atoms with Crippen molar-refractivity contribution in [3.8, 4) is 0 Å². The number of carbonyl (C=O) groups is 1. The minimum atomic E-state index is 0.0965. The lowest BCUT2D eigenvalue weighted by Crippen LogP contribution is -2.15. The molecule has 0 saturated carbocycles. The number of hydrogen-bond acceptors (Lipinski definition) is 2. The van der Waals surface area contributed by atoms with Crippen LogP contribution in [0.2, 0.25) is 0 Å². The van der Waals surface area contributed by atoms with Gasteiger partial charge in [0, 0.05) is 18.3 Å². The van der Waals surface area contributed by atoms with Gasteiger partial charge in [-0.05, 0) is 6.07 Å².